The molecular formula is C15H20BrN3O. The zero-order valence-electron chi connectivity index (χ0n) is 11.9. The van der Waals surface area contributed by atoms with Gasteiger partial charge >= 0.3 is 0 Å². The van der Waals surface area contributed by atoms with Gasteiger partial charge in [0.2, 0.25) is 11.7 Å². The fourth-order valence-electron chi connectivity index (χ4n) is 2.00. The van der Waals surface area contributed by atoms with Crippen LogP contribution < -0.4 is 5.32 Å². The van der Waals surface area contributed by atoms with Gasteiger partial charge in [-0.05, 0) is 31.5 Å². The predicted molar refractivity (Wildman–Crippen MR) is 83.5 cm³/mol. The van der Waals surface area contributed by atoms with Crippen molar-refractivity contribution in [1.29, 1.82) is 0 Å². The maximum absolute atomic E-state index is 5.35. The molecular weight excluding hydrogens is 318 g/mol. The van der Waals surface area contributed by atoms with Crippen LogP contribution >= 0.6 is 15.9 Å². The van der Waals surface area contributed by atoms with Crippen LogP contribution in [-0.2, 0) is 6.42 Å². The average Bonchev–Trinajstić information content (AvgIpc) is 2.92. The monoisotopic (exact) mass is 337 g/mol. The third-order valence-electron chi connectivity index (χ3n) is 3.15. The molecule has 1 unspecified atom stereocenters. The van der Waals surface area contributed by atoms with Crippen molar-refractivity contribution in [2.24, 2.45) is 0 Å². The second-order valence-corrected chi connectivity index (χ2v) is 5.70. The van der Waals surface area contributed by atoms with Gasteiger partial charge in [0.15, 0.2) is 0 Å². The molecule has 108 valence electrons. The highest BCUT2D eigenvalue weighted by atomic mass is 79.9. The van der Waals surface area contributed by atoms with E-state index in [9.17, 15) is 0 Å². The summed E-state index contributed by atoms with van der Waals surface area (Å²) in [6, 6.07) is 8.30. The third-order valence-corrected chi connectivity index (χ3v) is 3.64. The molecule has 0 aliphatic rings. The van der Waals surface area contributed by atoms with E-state index in [1.165, 1.54) is 0 Å². The van der Waals surface area contributed by atoms with Crippen molar-refractivity contribution in [3.63, 3.8) is 0 Å². The maximum Gasteiger partial charge on any atom is 0.228 e. The molecule has 4 nitrogen and oxygen atoms in total. The molecule has 0 radical (unpaired) electrons. The van der Waals surface area contributed by atoms with Crippen LogP contribution in [0.3, 0.4) is 0 Å². The van der Waals surface area contributed by atoms with Gasteiger partial charge in [-0.25, -0.2) is 0 Å². The molecule has 0 fully saturated rings. The highest BCUT2D eigenvalue weighted by molar-refractivity contribution is 9.10. The number of benzene rings is 1. The summed E-state index contributed by atoms with van der Waals surface area (Å²) < 4.78 is 6.37. The molecule has 0 bridgehead atoms. The molecule has 2 aromatic rings. The van der Waals surface area contributed by atoms with Crippen LogP contribution in [0.25, 0.3) is 11.4 Å². The van der Waals surface area contributed by atoms with E-state index in [2.05, 4.69) is 45.2 Å². The molecule has 0 amide bonds. The Morgan fingerprint density at radius 3 is 2.90 bits per heavy atom. The Bertz CT molecular complexity index is 541. The van der Waals surface area contributed by atoms with Gasteiger partial charge in [0, 0.05) is 22.5 Å². The van der Waals surface area contributed by atoms with Gasteiger partial charge in [0.1, 0.15) is 0 Å². The van der Waals surface area contributed by atoms with Crippen LogP contribution in [0.5, 0.6) is 0 Å². The largest absolute Gasteiger partial charge is 0.339 e. The third kappa shape index (κ3) is 4.15. The summed E-state index contributed by atoms with van der Waals surface area (Å²) in [4.78, 5) is 4.48. The quantitative estimate of drug-likeness (QED) is 0.834. The van der Waals surface area contributed by atoms with Crippen molar-refractivity contribution >= 4 is 15.9 Å². The first kappa shape index (κ1) is 15.2. The minimum absolute atomic E-state index is 0.394. The number of hydrogen-bond acceptors (Lipinski definition) is 4. The minimum Gasteiger partial charge on any atom is -0.339 e. The molecule has 5 heteroatoms. The SMILES string of the molecule is CCCNC(CC)Cc1nc(-c2cccc(Br)c2)no1. The van der Waals surface area contributed by atoms with Crippen LogP contribution in [0.1, 0.15) is 32.6 Å². The Hall–Kier alpha value is -1.20. The fraction of sp³-hybridized carbons (Fsp3) is 0.467. The Labute approximate surface area is 128 Å². The van der Waals surface area contributed by atoms with E-state index in [0.717, 1.165) is 35.8 Å². The number of nitrogens with zero attached hydrogens (tertiary/aromatic N) is 2. The predicted octanol–water partition coefficient (Wildman–Crippen LogP) is 3.82. The Kier molecular flexibility index (Phi) is 5.73. The Balaban J connectivity index is 2.05. The molecule has 1 atom stereocenters. The summed E-state index contributed by atoms with van der Waals surface area (Å²) >= 11 is 3.45. The van der Waals surface area contributed by atoms with Crippen LogP contribution in [0.15, 0.2) is 33.3 Å². The number of halogens is 1. The number of aromatic nitrogens is 2. The van der Waals surface area contributed by atoms with Crippen molar-refractivity contribution in [3.8, 4) is 11.4 Å². The molecule has 0 aliphatic carbocycles. The number of rotatable bonds is 7. The zero-order valence-corrected chi connectivity index (χ0v) is 13.5. The molecule has 0 aliphatic heterocycles. The molecule has 0 saturated carbocycles. The molecule has 1 aromatic carbocycles. The average molecular weight is 338 g/mol. The van der Waals surface area contributed by atoms with E-state index in [1.807, 2.05) is 24.3 Å². The maximum atomic E-state index is 5.35. The van der Waals surface area contributed by atoms with Crippen molar-refractivity contribution < 1.29 is 4.52 Å². The van der Waals surface area contributed by atoms with Crippen molar-refractivity contribution in [1.82, 2.24) is 15.5 Å². The van der Waals surface area contributed by atoms with E-state index in [0.29, 0.717) is 17.8 Å². The van der Waals surface area contributed by atoms with Gasteiger partial charge in [-0.1, -0.05) is 47.1 Å². The molecule has 0 spiro atoms. The lowest BCUT2D eigenvalue weighted by Gasteiger charge is -2.13. The zero-order chi connectivity index (χ0) is 14.4. The summed E-state index contributed by atoms with van der Waals surface area (Å²) in [6.45, 7) is 5.35. The lowest BCUT2D eigenvalue weighted by atomic mass is 10.1. The summed E-state index contributed by atoms with van der Waals surface area (Å²) in [7, 11) is 0. The first-order valence-electron chi connectivity index (χ1n) is 7.04. The van der Waals surface area contributed by atoms with E-state index < -0.39 is 0 Å². The molecule has 2 rings (SSSR count). The van der Waals surface area contributed by atoms with Gasteiger partial charge in [0.25, 0.3) is 0 Å². The minimum atomic E-state index is 0.394. The second-order valence-electron chi connectivity index (χ2n) is 4.79. The van der Waals surface area contributed by atoms with E-state index in [4.69, 9.17) is 4.52 Å². The molecule has 1 aromatic heterocycles. The summed E-state index contributed by atoms with van der Waals surface area (Å²) in [5.74, 6) is 1.34. The summed E-state index contributed by atoms with van der Waals surface area (Å²) in [5.41, 5.74) is 0.962. The molecule has 1 N–H and O–H groups in total. The van der Waals surface area contributed by atoms with Crippen molar-refractivity contribution in [3.05, 3.63) is 34.6 Å². The smallest absolute Gasteiger partial charge is 0.228 e. The standard InChI is InChI=1S/C15H20BrN3O/c1-3-8-17-13(4-2)10-14-18-15(19-20-14)11-6-5-7-12(16)9-11/h5-7,9,13,17H,3-4,8,10H2,1-2H3. The Morgan fingerprint density at radius 2 is 2.20 bits per heavy atom. The normalized spacial score (nSPS) is 12.6. The van der Waals surface area contributed by atoms with Crippen LogP contribution in [0.2, 0.25) is 0 Å². The van der Waals surface area contributed by atoms with E-state index >= 15 is 0 Å². The molecule has 1 heterocycles. The lowest BCUT2D eigenvalue weighted by molar-refractivity contribution is 0.354. The van der Waals surface area contributed by atoms with Gasteiger partial charge in [-0.2, -0.15) is 4.98 Å². The fourth-order valence-corrected chi connectivity index (χ4v) is 2.40. The van der Waals surface area contributed by atoms with Crippen LogP contribution in [0.4, 0.5) is 0 Å². The van der Waals surface area contributed by atoms with Crippen molar-refractivity contribution in [2.75, 3.05) is 6.54 Å². The number of nitrogens with one attached hydrogen (secondary N) is 1. The van der Waals surface area contributed by atoms with Crippen LogP contribution in [-0.4, -0.2) is 22.7 Å². The highest BCUT2D eigenvalue weighted by Gasteiger charge is 2.13. The summed E-state index contributed by atoms with van der Waals surface area (Å²) in [5, 5.41) is 7.55. The topological polar surface area (TPSA) is 51.0 Å². The number of hydrogen-bond donors (Lipinski definition) is 1. The van der Waals surface area contributed by atoms with Crippen LogP contribution in [0, 0.1) is 0 Å². The first-order valence-corrected chi connectivity index (χ1v) is 7.84. The molecule has 20 heavy (non-hydrogen) atoms. The van der Waals surface area contributed by atoms with Gasteiger partial charge in [-0.3, -0.25) is 0 Å². The molecule has 0 saturated heterocycles. The highest BCUT2D eigenvalue weighted by Crippen LogP contribution is 2.20. The second kappa shape index (κ2) is 7.55. The van der Waals surface area contributed by atoms with Gasteiger partial charge in [0.05, 0.1) is 0 Å². The first-order chi connectivity index (χ1) is 9.72. The van der Waals surface area contributed by atoms with Gasteiger partial charge < -0.3 is 9.84 Å². The van der Waals surface area contributed by atoms with E-state index in [1.54, 1.807) is 0 Å². The van der Waals surface area contributed by atoms with Crippen molar-refractivity contribution in [2.45, 2.75) is 39.2 Å². The lowest BCUT2D eigenvalue weighted by Crippen LogP contribution is -2.31. The Morgan fingerprint density at radius 1 is 1.35 bits per heavy atom. The van der Waals surface area contributed by atoms with E-state index in [-0.39, 0.29) is 0 Å². The summed E-state index contributed by atoms with van der Waals surface area (Å²) in [6.07, 6.45) is 2.95. The van der Waals surface area contributed by atoms with Gasteiger partial charge in [-0.15, -0.1) is 0 Å².